The van der Waals surface area contributed by atoms with Crippen molar-refractivity contribution in [2.45, 2.75) is 81.8 Å². The minimum Gasteiger partial charge on any atom is -0.491 e. The number of nitrogens with zero attached hydrogens (tertiary/aromatic N) is 4. The van der Waals surface area contributed by atoms with Crippen molar-refractivity contribution in [1.29, 1.82) is 0 Å². The van der Waals surface area contributed by atoms with Crippen LogP contribution in [0, 0.1) is 23.7 Å². The molecule has 5 aliphatic heterocycles. The van der Waals surface area contributed by atoms with E-state index in [1.807, 2.05) is 89.8 Å². The highest BCUT2D eigenvalue weighted by atomic mass is 16.7. The van der Waals surface area contributed by atoms with Gasteiger partial charge in [0.05, 0.1) is 37.4 Å². The number of piperazine rings is 1. The molecule has 1 aliphatic carbocycles. The fourth-order valence-corrected chi connectivity index (χ4v) is 12.5. The standard InChI is InChI=1S/C62H63N5O11/c1-39(2)52(58(70)74-3)63-61(73)66-47-27-25-41(24-23-40-15-7-4-8-16-40)35-46(47)62(60(66)72)51(57(69)65-31-29-64(30-32-65)37-42-26-28-49-50(36-42)77-38-76-49)54-59(71)78-55(44-19-11-6-12-20-44)53(43-17-9-5-10-18-43)67(54)56(62)45-21-13-14-22-48(45)75-34-33-68/h5-6,9-15,17-22,25-28,35-36,39,51-56,68H,4,7-8,16,29-34,37-38H2,1-3H3,(H,63,73)/t51-,52+,53-,54-,55+,56+,62-/m1/s1. The van der Waals surface area contributed by atoms with Crippen molar-refractivity contribution in [3.63, 3.8) is 0 Å². The Bertz CT molecular complexity index is 3200. The number of methoxy groups -OCH3 is 1. The summed E-state index contributed by atoms with van der Waals surface area (Å²) in [5, 5.41) is 13.1. The Labute approximate surface area is 453 Å². The van der Waals surface area contributed by atoms with Crippen LogP contribution in [0.2, 0.25) is 0 Å². The monoisotopic (exact) mass is 1050 g/mol. The zero-order chi connectivity index (χ0) is 54.1. The van der Waals surface area contributed by atoms with Crippen LogP contribution in [0.3, 0.4) is 0 Å². The number of anilines is 1. The fraction of sp³-hybridized carbons (Fsp3) is 0.371. The van der Waals surface area contributed by atoms with Crippen LogP contribution in [-0.2, 0) is 40.6 Å². The van der Waals surface area contributed by atoms with E-state index in [2.05, 4.69) is 28.1 Å². The largest absolute Gasteiger partial charge is 0.491 e. The third-order valence-electron chi connectivity index (χ3n) is 16.1. The number of esters is 2. The van der Waals surface area contributed by atoms with Crippen LogP contribution >= 0.6 is 0 Å². The number of amides is 4. The van der Waals surface area contributed by atoms with Gasteiger partial charge in [0.1, 0.15) is 36.0 Å². The summed E-state index contributed by atoms with van der Waals surface area (Å²) in [7, 11) is 1.23. The second kappa shape index (κ2) is 22.2. The number of imide groups is 1. The Morgan fingerprint density at radius 1 is 0.821 bits per heavy atom. The van der Waals surface area contributed by atoms with Gasteiger partial charge in [-0.05, 0) is 95.8 Å². The number of allylic oxidation sites excluding steroid dienone is 2. The van der Waals surface area contributed by atoms with Crippen molar-refractivity contribution in [2.24, 2.45) is 11.8 Å². The molecule has 16 heteroatoms. The minimum absolute atomic E-state index is 0.116. The molecule has 11 rings (SSSR count). The highest BCUT2D eigenvalue weighted by Crippen LogP contribution is 2.67. The maximum Gasteiger partial charge on any atom is 0.329 e. The van der Waals surface area contributed by atoms with Crippen LogP contribution in [0.5, 0.6) is 17.2 Å². The highest BCUT2D eigenvalue weighted by Gasteiger charge is 2.76. The first-order valence-corrected chi connectivity index (χ1v) is 26.9. The Balaban J connectivity index is 1.14. The van der Waals surface area contributed by atoms with Gasteiger partial charge >= 0.3 is 18.0 Å². The maximum absolute atomic E-state index is 17.1. The zero-order valence-corrected chi connectivity index (χ0v) is 44.0. The zero-order valence-electron chi connectivity index (χ0n) is 44.0. The number of nitrogens with one attached hydrogen (secondary N) is 1. The van der Waals surface area contributed by atoms with E-state index in [0.29, 0.717) is 59.1 Å². The highest BCUT2D eigenvalue weighted by molar-refractivity contribution is 6.25. The lowest BCUT2D eigenvalue weighted by molar-refractivity contribution is -0.179. The number of carbonyl (C=O) groups excluding carboxylic acids is 5. The normalized spacial score (nSPS) is 23.9. The lowest BCUT2D eigenvalue weighted by Gasteiger charge is -2.46. The quantitative estimate of drug-likeness (QED) is 0.0926. The van der Waals surface area contributed by atoms with Gasteiger partial charge in [-0.25, -0.2) is 14.5 Å². The van der Waals surface area contributed by atoms with Crippen LogP contribution in [-0.4, -0.2) is 115 Å². The number of para-hydroxylation sites is 1. The Hall–Kier alpha value is -7.97. The smallest absolute Gasteiger partial charge is 0.329 e. The molecule has 3 saturated heterocycles. The molecule has 0 saturated carbocycles. The maximum atomic E-state index is 17.1. The molecule has 402 valence electrons. The van der Waals surface area contributed by atoms with Gasteiger partial charge < -0.3 is 39.0 Å². The van der Waals surface area contributed by atoms with Crippen LogP contribution in [0.25, 0.3) is 0 Å². The average molecular weight is 1050 g/mol. The van der Waals surface area contributed by atoms with E-state index in [-0.39, 0.29) is 38.8 Å². The Morgan fingerprint density at radius 2 is 1.55 bits per heavy atom. The molecule has 5 aromatic rings. The number of urea groups is 1. The minimum atomic E-state index is -2.12. The number of aliphatic hydroxyl groups is 1. The number of morpholine rings is 1. The predicted molar refractivity (Wildman–Crippen MR) is 288 cm³/mol. The van der Waals surface area contributed by atoms with E-state index >= 15 is 19.2 Å². The number of fused-ring (bicyclic) bond motifs is 4. The van der Waals surface area contributed by atoms with Crippen molar-refractivity contribution in [3.8, 4) is 29.1 Å². The van der Waals surface area contributed by atoms with Crippen molar-refractivity contribution in [2.75, 3.05) is 58.2 Å². The Kier molecular flexibility index (Phi) is 14.8. The van der Waals surface area contributed by atoms with E-state index in [1.165, 1.54) is 7.11 Å². The van der Waals surface area contributed by atoms with Crippen molar-refractivity contribution in [1.82, 2.24) is 20.0 Å². The molecule has 78 heavy (non-hydrogen) atoms. The molecule has 3 fully saturated rings. The molecule has 5 aromatic carbocycles. The van der Waals surface area contributed by atoms with Crippen LogP contribution in [0.4, 0.5) is 10.5 Å². The summed E-state index contributed by atoms with van der Waals surface area (Å²) >= 11 is 0. The van der Waals surface area contributed by atoms with Crippen LogP contribution in [0.15, 0.2) is 133 Å². The summed E-state index contributed by atoms with van der Waals surface area (Å²) in [6.45, 7) is 5.20. The van der Waals surface area contributed by atoms with Gasteiger partial charge in [-0.3, -0.25) is 24.2 Å². The van der Waals surface area contributed by atoms with Crippen LogP contribution in [0.1, 0.15) is 91.1 Å². The summed E-state index contributed by atoms with van der Waals surface area (Å²) in [4.78, 5) is 85.3. The molecular formula is C62H63N5O11. The van der Waals surface area contributed by atoms with Gasteiger partial charge in [0.15, 0.2) is 11.5 Å². The summed E-state index contributed by atoms with van der Waals surface area (Å²) in [5.41, 5.74) is 2.70. The lowest BCUT2D eigenvalue weighted by Crippen LogP contribution is -2.59. The van der Waals surface area contributed by atoms with Crippen molar-refractivity contribution in [3.05, 3.63) is 166 Å². The molecule has 6 aliphatic rings. The third-order valence-corrected chi connectivity index (χ3v) is 16.1. The first-order valence-electron chi connectivity index (χ1n) is 26.9. The predicted octanol–water partition coefficient (Wildman–Crippen LogP) is 7.56. The summed E-state index contributed by atoms with van der Waals surface area (Å²) < 4.78 is 29.5. The fourth-order valence-electron chi connectivity index (χ4n) is 12.5. The number of carbonyl (C=O) groups is 5. The van der Waals surface area contributed by atoms with Gasteiger partial charge in [-0.15, -0.1) is 0 Å². The van der Waals surface area contributed by atoms with Crippen LogP contribution < -0.4 is 24.4 Å². The average Bonchev–Trinajstić information content (AvgIpc) is 4.13. The van der Waals surface area contributed by atoms with E-state index in [1.54, 1.807) is 55.1 Å². The molecule has 5 heterocycles. The second-order valence-electron chi connectivity index (χ2n) is 21.0. The molecule has 0 radical (unpaired) electrons. The molecular weight excluding hydrogens is 991 g/mol. The van der Waals surface area contributed by atoms with Gasteiger partial charge in [0, 0.05) is 43.9 Å². The van der Waals surface area contributed by atoms with E-state index < -0.39 is 77.3 Å². The first-order chi connectivity index (χ1) is 38.0. The number of aliphatic hydroxyl groups excluding tert-OH is 1. The summed E-state index contributed by atoms with van der Waals surface area (Å²) in [6.07, 6.45) is 4.99. The van der Waals surface area contributed by atoms with Gasteiger partial charge in [0.25, 0.3) is 0 Å². The van der Waals surface area contributed by atoms with Gasteiger partial charge in [-0.1, -0.05) is 117 Å². The molecule has 4 amide bonds. The summed E-state index contributed by atoms with van der Waals surface area (Å²) in [5.74, 6) is 3.68. The topological polar surface area (TPSA) is 177 Å². The van der Waals surface area contributed by atoms with Crippen molar-refractivity contribution < 1.29 is 52.8 Å². The molecule has 7 atom stereocenters. The van der Waals surface area contributed by atoms with Gasteiger partial charge in [0.2, 0.25) is 18.6 Å². The summed E-state index contributed by atoms with van der Waals surface area (Å²) in [6, 6.07) is 31.6. The molecule has 1 spiro atoms. The number of cyclic esters (lactones) is 1. The van der Waals surface area contributed by atoms with E-state index in [0.717, 1.165) is 47.3 Å². The van der Waals surface area contributed by atoms with Gasteiger partial charge in [-0.2, -0.15) is 0 Å². The van der Waals surface area contributed by atoms with Crippen molar-refractivity contribution >= 4 is 35.5 Å². The third kappa shape index (κ3) is 9.43. The SMILES string of the molecule is COC(=O)[C@@H](NC(=O)N1C(=O)[C@@]2(c3cc(C#CC4=CCCCC4)ccc31)[C@H](c1ccccc1OCCO)N1[C@H](c3ccccc3)[C@H](c3ccccc3)OC(=O)[C@H]1[C@@H]2C(=O)N1CCN(Cc2ccc3c(c2)OCO3)CC1)C(C)C. The lowest BCUT2D eigenvalue weighted by atomic mass is 9.64. The van der Waals surface area contributed by atoms with E-state index in [9.17, 15) is 9.90 Å². The molecule has 0 aromatic heterocycles. The molecule has 16 nitrogen and oxygen atoms in total. The van der Waals surface area contributed by atoms with E-state index in [4.69, 9.17) is 23.7 Å². The number of rotatable bonds is 12. The molecule has 0 bridgehead atoms. The number of hydrogen-bond donors (Lipinski definition) is 2. The number of ether oxygens (including phenoxy) is 5. The molecule has 2 N–H and O–H groups in total. The number of benzene rings is 5. The molecule has 0 unspecified atom stereocenters. The second-order valence-corrected chi connectivity index (χ2v) is 21.0. The first kappa shape index (κ1) is 52.1. The number of hydrogen-bond acceptors (Lipinski definition) is 13. The Morgan fingerprint density at radius 3 is 2.27 bits per heavy atom.